The van der Waals surface area contributed by atoms with Crippen LogP contribution in [0.15, 0.2) is 0 Å². The largest absolute Gasteiger partial charge is 0.481 e. The standard InChI is InChI=1S/C36H59NO10/c1-22(5-10-33(43)44)27-7-8-28-34-29(19-31(41)36(27,28)4)35(3)12-11-26(17-24(35)18-30(34)40)47-21-25(39)6-9-32(42)37-13-14-45-15-16-46-20-23(2)38/h22,24,26-31,34,40-41H,5-21H2,1-4H3,(H,37,42)(H,43,44)/t22-,24+,26+,27-,28?,29+,30-,31+,34+,35+,36-/m1/s1. The Bertz CT molecular complexity index is 1100. The van der Waals surface area contributed by atoms with Crippen molar-refractivity contribution in [2.45, 2.75) is 117 Å². The lowest BCUT2D eigenvalue weighted by molar-refractivity contribution is -0.209. The molecule has 47 heavy (non-hydrogen) atoms. The van der Waals surface area contributed by atoms with E-state index in [0.29, 0.717) is 45.6 Å². The van der Waals surface area contributed by atoms with Crippen molar-refractivity contribution in [1.29, 1.82) is 0 Å². The molecule has 11 nitrogen and oxygen atoms in total. The Balaban J connectivity index is 1.21. The molecular weight excluding hydrogens is 606 g/mol. The highest BCUT2D eigenvalue weighted by atomic mass is 16.5. The highest BCUT2D eigenvalue weighted by molar-refractivity contribution is 5.85. The summed E-state index contributed by atoms with van der Waals surface area (Å²) in [5.41, 5.74) is -0.339. The molecule has 0 aromatic heterocycles. The van der Waals surface area contributed by atoms with Gasteiger partial charge in [0.2, 0.25) is 5.91 Å². The quantitative estimate of drug-likeness (QED) is 0.159. The molecule has 0 radical (unpaired) electrons. The normalized spacial score (nSPS) is 36.9. The van der Waals surface area contributed by atoms with Crippen molar-refractivity contribution in [3.8, 4) is 0 Å². The maximum atomic E-state index is 12.6. The molecule has 1 amide bonds. The Morgan fingerprint density at radius 3 is 2.36 bits per heavy atom. The van der Waals surface area contributed by atoms with Crippen LogP contribution in [-0.2, 0) is 33.4 Å². The van der Waals surface area contributed by atoms with Crippen LogP contribution >= 0.6 is 0 Å². The fourth-order valence-electron chi connectivity index (χ4n) is 10.1. The molecule has 0 bridgehead atoms. The van der Waals surface area contributed by atoms with Crippen molar-refractivity contribution in [3.63, 3.8) is 0 Å². The summed E-state index contributed by atoms with van der Waals surface area (Å²) in [6.45, 7) is 9.45. The van der Waals surface area contributed by atoms with Crippen molar-refractivity contribution in [2.24, 2.45) is 46.3 Å². The van der Waals surface area contributed by atoms with Crippen LogP contribution in [0.1, 0.15) is 98.3 Å². The van der Waals surface area contributed by atoms with Crippen molar-refractivity contribution in [1.82, 2.24) is 5.32 Å². The number of carboxylic acids is 1. The minimum atomic E-state index is -0.779. The fraction of sp³-hybridized carbons (Fsp3) is 0.889. The van der Waals surface area contributed by atoms with Gasteiger partial charge in [-0.2, -0.15) is 0 Å². The van der Waals surface area contributed by atoms with Crippen LogP contribution in [0.4, 0.5) is 0 Å². The highest BCUT2D eigenvalue weighted by Gasteiger charge is 2.65. The number of carbonyl (C=O) groups is 4. The summed E-state index contributed by atoms with van der Waals surface area (Å²) < 4.78 is 16.5. The van der Waals surface area contributed by atoms with E-state index in [1.165, 1.54) is 6.92 Å². The molecule has 0 heterocycles. The number of fused-ring (bicyclic) bond motifs is 5. The Morgan fingerprint density at radius 1 is 0.894 bits per heavy atom. The number of carbonyl (C=O) groups excluding carboxylic acids is 3. The number of hydrogen-bond donors (Lipinski definition) is 4. The molecule has 11 atom stereocenters. The van der Waals surface area contributed by atoms with Crippen molar-refractivity contribution >= 4 is 23.4 Å². The van der Waals surface area contributed by atoms with E-state index in [-0.39, 0.29) is 102 Å². The Kier molecular flexibility index (Phi) is 13.4. The van der Waals surface area contributed by atoms with Crippen LogP contribution in [-0.4, -0.2) is 96.7 Å². The van der Waals surface area contributed by atoms with Crippen LogP contribution in [0.3, 0.4) is 0 Å². The third-order valence-electron chi connectivity index (χ3n) is 12.7. The fourth-order valence-corrected chi connectivity index (χ4v) is 10.1. The van der Waals surface area contributed by atoms with Gasteiger partial charge in [-0.25, -0.2) is 0 Å². The van der Waals surface area contributed by atoms with Crippen molar-refractivity contribution < 1.29 is 48.7 Å². The predicted octanol–water partition coefficient (Wildman–Crippen LogP) is 3.56. The van der Waals surface area contributed by atoms with Crippen LogP contribution in [0.5, 0.6) is 0 Å². The zero-order chi connectivity index (χ0) is 34.4. The molecule has 0 aromatic carbocycles. The van der Waals surface area contributed by atoms with Gasteiger partial charge < -0.3 is 34.8 Å². The van der Waals surface area contributed by atoms with Gasteiger partial charge in [0.05, 0.1) is 38.1 Å². The smallest absolute Gasteiger partial charge is 0.303 e. The zero-order valence-electron chi connectivity index (χ0n) is 28.9. The Morgan fingerprint density at radius 2 is 1.64 bits per heavy atom. The summed E-state index contributed by atoms with van der Waals surface area (Å²) in [5.74, 6) is 0.0988. The van der Waals surface area contributed by atoms with Gasteiger partial charge in [0, 0.05) is 25.8 Å². The highest BCUT2D eigenvalue weighted by Crippen LogP contribution is 2.68. The molecule has 1 unspecified atom stereocenters. The first kappa shape index (κ1) is 37.9. The minimum absolute atomic E-state index is 0.0214. The molecule has 4 aliphatic rings. The summed E-state index contributed by atoms with van der Waals surface area (Å²) in [4.78, 5) is 46.8. The van der Waals surface area contributed by atoms with E-state index < -0.39 is 18.2 Å². The Labute approximate surface area is 279 Å². The summed E-state index contributed by atoms with van der Waals surface area (Å²) in [7, 11) is 0. The van der Waals surface area contributed by atoms with E-state index in [0.717, 1.165) is 32.1 Å². The summed E-state index contributed by atoms with van der Waals surface area (Å²) in [5, 5.41) is 35.4. The van der Waals surface area contributed by atoms with E-state index in [1.54, 1.807) is 0 Å². The molecule has 268 valence electrons. The molecule has 0 spiro atoms. The lowest BCUT2D eigenvalue weighted by Crippen LogP contribution is -2.62. The maximum absolute atomic E-state index is 12.6. The monoisotopic (exact) mass is 665 g/mol. The van der Waals surface area contributed by atoms with Gasteiger partial charge in [0.25, 0.3) is 0 Å². The van der Waals surface area contributed by atoms with E-state index >= 15 is 0 Å². The molecular formula is C36H59NO10. The van der Waals surface area contributed by atoms with Gasteiger partial charge in [0.15, 0.2) is 11.6 Å². The van der Waals surface area contributed by atoms with Gasteiger partial charge in [-0.05, 0) is 105 Å². The maximum Gasteiger partial charge on any atom is 0.303 e. The van der Waals surface area contributed by atoms with Crippen molar-refractivity contribution in [2.75, 3.05) is 39.6 Å². The summed E-state index contributed by atoms with van der Waals surface area (Å²) in [6.07, 6.45) is 5.76. The number of ether oxygens (including phenoxy) is 3. The number of hydrogen-bond acceptors (Lipinski definition) is 9. The van der Waals surface area contributed by atoms with Crippen LogP contribution in [0.2, 0.25) is 0 Å². The second-order valence-corrected chi connectivity index (χ2v) is 15.5. The number of carboxylic acid groups (broad SMARTS) is 1. The number of amides is 1. The van der Waals surface area contributed by atoms with Crippen LogP contribution in [0.25, 0.3) is 0 Å². The SMILES string of the molecule is CC(=O)COCCOCCNC(=O)CCC(=O)CO[C@H]1CC[C@@]2(C)[C@@H](C1)C[C@@H](O)[C@H]1C3CC[C@H]([C@H](C)CCC(=O)O)[C@@]3(C)[C@@H](O)C[C@@H]12. The number of ketones is 2. The minimum Gasteiger partial charge on any atom is -0.481 e. The molecule has 0 aromatic rings. The van der Waals surface area contributed by atoms with Crippen LogP contribution < -0.4 is 5.32 Å². The number of Topliss-reactive ketones (excluding diaryl/α,β-unsaturated/α-hetero) is 2. The number of aliphatic hydroxyl groups excluding tert-OH is 2. The number of rotatable bonds is 18. The molecule has 0 saturated heterocycles. The summed E-state index contributed by atoms with van der Waals surface area (Å²) >= 11 is 0. The van der Waals surface area contributed by atoms with E-state index in [4.69, 9.17) is 14.2 Å². The molecule has 11 heteroatoms. The first-order chi connectivity index (χ1) is 22.3. The second kappa shape index (κ2) is 16.7. The van der Waals surface area contributed by atoms with Gasteiger partial charge >= 0.3 is 5.97 Å². The topological polar surface area (TPSA) is 169 Å². The Hall–Kier alpha value is -1.92. The molecule has 4 aliphatic carbocycles. The molecule has 4 rings (SSSR count). The number of nitrogens with one attached hydrogen (secondary N) is 1. The van der Waals surface area contributed by atoms with E-state index in [2.05, 4.69) is 26.1 Å². The van der Waals surface area contributed by atoms with Crippen LogP contribution in [0, 0.1) is 46.3 Å². The van der Waals surface area contributed by atoms with Gasteiger partial charge in [-0.1, -0.05) is 20.8 Å². The molecule has 4 fully saturated rings. The van der Waals surface area contributed by atoms with E-state index in [1.807, 2.05) is 0 Å². The van der Waals surface area contributed by atoms with Crippen molar-refractivity contribution in [3.05, 3.63) is 0 Å². The first-order valence-electron chi connectivity index (χ1n) is 17.9. The molecule has 4 saturated carbocycles. The average molecular weight is 666 g/mol. The lowest BCUT2D eigenvalue weighted by Gasteiger charge is -2.63. The van der Waals surface area contributed by atoms with Gasteiger partial charge in [0.1, 0.15) is 13.2 Å². The molecule has 4 N–H and O–H groups in total. The van der Waals surface area contributed by atoms with E-state index in [9.17, 15) is 34.5 Å². The average Bonchev–Trinajstić information content (AvgIpc) is 3.38. The molecule has 0 aliphatic heterocycles. The predicted molar refractivity (Wildman–Crippen MR) is 173 cm³/mol. The number of aliphatic carboxylic acids is 1. The van der Waals surface area contributed by atoms with Gasteiger partial charge in [-0.15, -0.1) is 0 Å². The van der Waals surface area contributed by atoms with Gasteiger partial charge in [-0.3, -0.25) is 19.2 Å². The number of aliphatic hydroxyl groups is 2. The third-order valence-corrected chi connectivity index (χ3v) is 12.7. The zero-order valence-corrected chi connectivity index (χ0v) is 28.9. The third kappa shape index (κ3) is 9.01. The second-order valence-electron chi connectivity index (χ2n) is 15.5. The summed E-state index contributed by atoms with van der Waals surface area (Å²) in [6, 6.07) is 0. The lowest BCUT2D eigenvalue weighted by atomic mass is 9.43. The first-order valence-corrected chi connectivity index (χ1v) is 17.9.